The first-order valence-corrected chi connectivity index (χ1v) is 10.1. The van der Waals surface area contributed by atoms with E-state index in [-0.39, 0.29) is 16.0 Å². The number of nitrogens with zero attached hydrogens (tertiary/aromatic N) is 1. The molecule has 1 aliphatic heterocycles. The second-order valence-corrected chi connectivity index (χ2v) is 8.04. The summed E-state index contributed by atoms with van der Waals surface area (Å²) in [4.78, 5) is 2.32. The van der Waals surface area contributed by atoms with Crippen molar-refractivity contribution in [3.63, 3.8) is 0 Å². The van der Waals surface area contributed by atoms with E-state index in [1.165, 1.54) is 6.07 Å². The molecule has 1 aliphatic rings. The third-order valence-electron chi connectivity index (χ3n) is 4.17. The van der Waals surface area contributed by atoms with Crippen LogP contribution in [0.1, 0.15) is 11.7 Å². The van der Waals surface area contributed by atoms with Crippen molar-refractivity contribution in [1.82, 2.24) is 9.62 Å². The topological polar surface area (TPSA) is 58.6 Å². The predicted molar refractivity (Wildman–Crippen MR) is 98.2 cm³/mol. The third kappa shape index (κ3) is 4.80. The maximum absolute atomic E-state index is 12.3. The Balaban J connectivity index is 1.54. The average molecular weight is 381 g/mol. The molecule has 1 saturated heterocycles. The van der Waals surface area contributed by atoms with Crippen molar-refractivity contribution in [1.29, 1.82) is 0 Å². The van der Waals surface area contributed by atoms with Gasteiger partial charge in [-0.25, -0.2) is 13.1 Å². The minimum absolute atomic E-state index is 0.0233. The molecule has 2 aromatic carbocycles. The van der Waals surface area contributed by atoms with Crippen LogP contribution in [0.5, 0.6) is 0 Å². The van der Waals surface area contributed by atoms with Crippen molar-refractivity contribution in [2.24, 2.45) is 0 Å². The van der Waals surface area contributed by atoms with Gasteiger partial charge in [0, 0.05) is 26.2 Å². The summed E-state index contributed by atoms with van der Waals surface area (Å²) in [6.07, 6.45) is 0.0233. The molecule has 7 heteroatoms. The molecule has 2 aromatic rings. The molecule has 134 valence electrons. The lowest BCUT2D eigenvalue weighted by Crippen LogP contribution is -2.42. The van der Waals surface area contributed by atoms with Gasteiger partial charge in [0.05, 0.1) is 17.7 Å². The quantitative estimate of drug-likeness (QED) is 0.837. The number of hydrogen-bond donors (Lipinski definition) is 1. The summed E-state index contributed by atoms with van der Waals surface area (Å²) in [5, 5.41) is 0.227. The number of ether oxygens (including phenoxy) is 1. The second kappa shape index (κ2) is 8.29. The van der Waals surface area contributed by atoms with Crippen LogP contribution < -0.4 is 4.72 Å². The molecule has 0 radical (unpaired) electrons. The molecule has 25 heavy (non-hydrogen) atoms. The van der Waals surface area contributed by atoms with Gasteiger partial charge in [-0.05, 0) is 17.7 Å². The highest BCUT2D eigenvalue weighted by Gasteiger charge is 2.22. The zero-order valence-corrected chi connectivity index (χ0v) is 15.3. The molecule has 0 aromatic heterocycles. The Morgan fingerprint density at radius 1 is 1.12 bits per heavy atom. The first kappa shape index (κ1) is 18.4. The van der Waals surface area contributed by atoms with Crippen LogP contribution in [0.2, 0.25) is 5.02 Å². The normalized spacial score (nSPS) is 19.0. The number of hydrogen-bond acceptors (Lipinski definition) is 4. The fourth-order valence-electron chi connectivity index (χ4n) is 2.85. The number of benzene rings is 2. The first-order valence-electron chi connectivity index (χ1n) is 8.19. The van der Waals surface area contributed by atoms with E-state index in [0.29, 0.717) is 19.7 Å². The summed E-state index contributed by atoms with van der Waals surface area (Å²) in [5.74, 6) is 0. The summed E-state index contributed by atoms with van der Waals surface area (Å²) < 4.78 is 33.1. The van der Waals surface area contributed by atoms with E-state index in [2.05, 4.69) is 9.62 Å². The molecule has 1 heterocycles. The van der Waals surface area contributed by atoms with Gasteiger partial charge < -0.3 is 4.74 Å². The first-order chi connectivity index (χ1) is 12.1. The minimum atomic E-state index is -3.60. The van der Waals surface area contributed by atoms with Crippen molar-refractivity contribution in [2.45, 2.75) is 11.0 Å². The van der Waals surface area contributed by atoms with Crippen LogP contribution in [-0.4, -0.2) is 46.1 Å². The third-order valence-corrected chi connectivity index (χ3v) is 6.13. The molecule has 1 N–H and O–H groups in total. The van der Waals surface area contributed by atoms with Crippen LogP contribution in [0.3, 0.4) is 0 Å². The molecule has 0 aliphatic carbocycles. The highest BCUT2D eigenvalue weighted by atomic mass is 35.5. The minimum Gasteiger partial charge on any atom is -0.371 e. The van der Waals surface area contributed by atoms with Gasteiger partial charge in [0.25, 0.3) is 0 Å². The number of halogens is 1. The van der Waals surface area contributed by atoms with Crippen LogP contribution in [0, 0.1) is 0 Å². The van der Waals surface area contributed by atoms with Crippen LogP contribution >= 0.6 is 11.6 Å². The van der Waals surface area contributed by atoms with Gasteiger partial charge in [-0.2, -0.15) is 0 Å². The lowest BCUT2D eigenvalue weighted by Gasteiger charge is -2.33. The monoisotopic (exact) mass is 380 g/mol. The van der Waals surface area contributed by atoms with Gasteiger partial charge in [0.2, 0.25) is 10.0 Å². The molecular weight excluding hydrogens is 360 g/mol. The second-order valence-electron chi connectivity index (χ2n) is 5.90. The lowest BCUT2D eigenvalue weighted by atomic mass is 10.1. The van der Waals surface area contributed by atoms with Crippen LogP contribution in [-0.2, 0) is 14.8 Å². The highest BCUT2D eigenvalue weighted by molar-refractivity contribution is 7.89. The Hall–Kier alpha value is -1.44. The van der Waals surface area contributed by atoms with Crippen molar-refractivity contribution in [3.8, 4) is 0 Å². The smallest absolute Gasteiger partial charge is 0.242 e. The Kier molecular flexibility index (Phi) is 6.09. The molecule has 0 saturated carbocycles. The molecular formula is C18H21ClN2O3S. The van der Waals surface area contributed by atoms with E-state index in [0.717, 1.165) is 18.7 Å². The highest BCUT2D eigenvalue weighted by Crippen LogP contribution is 2.22. The van der Waals surface area contributed by atoms with Crippen molar-refractivity contribution in [3.05, 3.63) is 65.2 Å². The summed E-state index contributed by atoms with van der Waals surface area (Å²) in [5.41, 5.74) is 1.14. The maximum Gasteiger partial charge on any atom is 0.242 e. The van der Waals surface area contributed by atoms with E-state index in [4.69, 9.17) is 16.3 Å². The Bertz CT molecular complexity index is 799. The summed E-state index contributed by atoms with van der Waals surface area (Å²) in [7, 11) is -3.60. The van der Waals surface area contributed by atoms with E-state index in [1.807, 2.05) is 30.3 Å². The Morgan fingerprint density at radius 3 is 2.60 bits per heavy atom. The van der Waals surface area contributed by atoms with Crippen molar-refractivity contribution in [2.75, 3.05) is 32.8 Å². The average Bonchev–Trinajstić information content (AvgIpc) is 2.63. The van der Waals surface area contributed by atoms with Gasteiger partial charge in [-0.15, -0.1) is 0 Å². The zero-order valence-electron chi connectivity index (χ0n) is 13.8. The maximum atomic E-state index is 12.3. The zero-order chi connectivity index (χ0) is 17.7. The standard InChI is InChI=1S/C18H21ClN2O3S/c19-16-8-4-5-9-18(16)25(22,23)20-10-11-21-12-13-24-17(14-21)15-6-2-1-3-7-15/h1-9,17,20H,10-14H2. The van der Waals surface area contributed by atoms with E-state index < -0.39 is 10.0 Å². The van der Waals surface area contributed by atoms with Gasteiger partial charge in [-0.3, -0.25) is 4.90 Å². The van der Waals surface area contributed by atoms with Gasteiger partial charge in [0.1, 0.15) is 4.90 Å². The molecule has 0 spiro atoms. The summed E-state index contributed by atoms with van der Waals surface area (Å²) >= 11 is 5.98. The summed E-state index contributed by atoms with van der Waals surface area (Å²) in [6, 6.07) is 16.5. The molecule has 1 unspecified atom stereocenters. The van der Waals surface area contributed by atoms with E-state index in [1.54, 1.807) is 18.2 Å². The largest absolute Gasteiger partial charge is 0.371 e. The number of sulfonamides is 1. The van der Waals surface area contributed by atoms with Crippen molar-refractivity contribution >= 4 is 21.6 Å². The number of morpholine rings is 1. The van der Waals surface area contributed by atoms with Crippen molar-refractivity contribution < 1.29 is 13.2 Å². The lowest BCUT2D eigenvalue weighted by molar-refractivity contribution is -0.0291. The molecule has 0 bridgehead atoms. The molecule has 1 atom stereocenters. The SMILES string of the molecule is O=S(=O)(NCCN1CCOC(c2ccccc2)C1)c1ccccc1Cl. The fourth-order valence-corrected chi connectivity index (χ4v) is 4.39. The van der Waals surface area contributed by atoms with E-state index in [9.17, 15) is 8.42 Å². The molecule has 3 rings (SSSR count). The Labute approximate surface area is 153 Å². The van der Waals surface area contributed by atoms with Crippen LogP contribution in [0.15, 0.2) is 59.5 Å². The van der Waals surface area contributed by atoms with Gasteiger partial charge >= 0.3 is 0 Å². The van der Waals surface area contributed by atoms with Gasteiger partial charge in [0.15, 0.2) is 0 Å². The van der Waals surface area contributed by atoms with Crippen LogP contribution in [0.25, 0.3) is 0 Å². The van der Waals surface area contributed by atoms with Gasteiger partial charge in [-0.1, -0.05) is 54.1 Å². The number of nitrogens with one attached hydrogen (secondary N) is 1. The van der Waals surface area contributed by atoms with Crippen LogP contribution in [0.4, 0.5) is 0 Å². The van der Waals surface area contributed by atoms with E-state index >= 15 is 0 Å². The predicted octanol–water partition coefficient (Wildman–Crippen LogP) is 2.69. The molecule has 1 fully saturated rings. The molecule has 0 amide bonds. The Morgan fingerprint density at radius 2 is 1.84 bits per heavy atom. The fraction of sp³-hybridized carbons (Fsp3) is 0.333. The molecule has 5 nitrogen and oxygen atoms in total. The summed E-state index contributed by atoms with van der Waals surface area (Å²) in [6.45, 7) is 3.12. The number of rotatable bonds is 6.